The third-order valence-corrected chi connectivity index (χ3v) is 2.17. The molecule has 0 saturated heterocycles. The van der Waals surface area contributed by atoms with E-state index in [-0.39, 0.29) is 0 Å². The summed E-state index contributed by atoms with van der Waals surface area (Å²) < 4.78 is 5.23. The molecule has 0 aliphatic rings. The zero-order valence-corrected chi connectivity index (χ0v) is 10.9. The van der Waals surface area contributed by atoms with Crippen molar-refractivity contribution in [1.82, 2.24) is 0 Å². The van der Waals surface area contributed by atoms with Crippen LogP contribution in [0.25, 0.3) is 0 Å². The van der Waals surface area contributed by atoms with Crippen LogP contribution in [0.2, 0.25) is 0 Å². The van der Waals surface area contributed by atoms with Crippen molar-refractivity contribution in [2.24, 2.45) is 0 Å². The number of aromatic hydroxyl groups is 1. The number of hydrogen-bond donors (Lipinski definition) is 2. The Bertz CT molecular complexity index is 379. The molecule has 0 amide bonds. The quantitative estimate of drug-likeness (QED) is 0.834. The molecule has 2 N–H and O–H groups in total. The van der Waals surface area contributed by atoms with Crippen LogP contribution in [0, 0.1) is 6.92 Å². The number of carboxylic acid groups (broad SMARTS) is 1. The van der Waals surface area contributed by atoms with E-state index in [2.05, 4.69) is 13.8 Å². The van der Waals surface area contributed by atoms with E-state index >= 15 is 0 Å². The van der Waals surface area contributed by atoms with Crippen molar-refractivity contribution in [3.05, 3.63) is 23.3 Å². The van der Waals surface area contributed by atoms with Crippen LogP contribution < -0.4 is 4.74 Å². The predicted octanol–water partition coefficient (Wildman–Crippen LogP) is 2.92. The monoisotopic (exact) mass is 240 g/mol. The summed E-state index contributed by atoms with van der Waals surface area (Å²) in [5, 5.41) is 16.9. The van der Waals surface area contributed by atoms with Crippen LogP contribution in [0.5, 0.6) is 11.5 Å². The van der Waals surface area contributed by atoms with Gasteiger partial charge in [0.1, 0.15) is 11.5 Å². The van der Waals surface area contributed by atoms with Gasteiger partial charge in [-0.05, 0) is 30.5 Å². The van der Waals surface area contributed by atoms with E-state index in [0.717, 1.165) is 23.8 Å². The molecule has 0 bridgehead atoms. The zero-order chi connectivity index (χ0) is 13.6. The first-order valence-electron chi connectivity index (χ1n) is 5.36. The zero-order valence-electron chi connectivity index (χ0n) is 10.9. The number of ether oxygens (including phenoxy) is 1. The minimum Gasteiger partial charge on any atom is -0.508 e. The van der Waals surface area contributed by atoms with Gasteiger partial charge in [-0.15, -0.1) is 0 Å². The molecule has 96 valence electrons. The van der Waals surface area contributed by atoms with Gasteiger partial charge in [0.25, 0.3) is 5.97 Å². The van der Waals surface area contributed by atoms with Crippen LogP contribution in [0.3, 0.4) is 0 Å². The first-order chi connectivity index (χ1) is 7.79. The number of methoxy groups -OCH3 is 1. The van der Waals surface area contributed by atoms with Crippen LogP contribution in [0.1, 0.15) is 37.8 Å². The predicted molar refractivity (Wildman–Crippen MR) is 66.8 cm³/mol. The number of aliphatic carboxylic acids is 1. The van der Waals surface area contributed by atoms with Crippen molar-refractivity contribution in [3.8, 4) is 11.5 Å². The van der Waals surface area contributed by atoms with Gasteiger partial charge in [-0.2, -0.15) is 0 Å². The molecular weight excluding hydrogens is 220 g/mol. The standard InChI is InChI=1S/C11H16O2.C2H4O2/c1-7(2)9-6-10(12)8(3)5-11(9)13-4;1-2(3)4/h5-7,12H,1-4H3;1H3,(H,3,4). The summed E-state index contributed by atoms with van der Waals surface area (Å²) >= 11 is 0. The summed E-state index contributed by atoms with van der Waals surface area (Å²) in [5.74, 6) is 0.719. The molecule has 0 aliphatic heterocycles. The summed E-state index contributed by atoms with van der Waals surface area (Å²) in [6, 6.07) is 3.64. The Balaban J connectivity index is 0.000000557. The van der Waals surface area contributed by atoms with E-state index in [0.29, 0.717) is 11.7 Å². The van der Waals surface area contributed by atoms with Gasteiger partial charge in [-0.1, -0.05) is 13.8 Å². The van der Waals surface area contributed by atoms with Gasteiger partial charge in [0.2, 0.25) is 0 Å². The van der Waals surface area contributed by atoms with Gasteiger partial charge in [0.05, 0.1) is 7.11 Å². The van der Waals surface area contributed by atoms with Gasteiger partial charge < -0.3 is 14.9 Å². The molecule has 0 aromatic heterocycles. The third-order valence-electron chi connectivity index (χ3n) is 2.17. The Kier molecular flexibility index (Phi) is 6.10. The van der Waals surface area contributed by atoms with Crippen LogP contribution in [0.15, 0.2) is 12.1 Å². The smallest absolute Gasteiger partial charge is 0.300 e. The molecule has 0 radical (unpaired) electrons. The molecule has 4 nitrogen and oxygen atoms in total. The summed E-state index contributed by atoms with van der Waals surface area (Å²) in [6.45, 7) is 7.10. The first-order valence-corrected chi connectivity index (χ1v) is 5.36. The molecule has 0 aliphatic carbocycles. The second-order valence-corrected chi connectivity index (χ2v) is 4.05. The highest BCUT2D eigenvalue weighted by molar-refractivity contribution is 5.62. The summed E-state index contributed by atoms with van der Waals surface area (Å²) in [5.41, 5.74) is 1.90. The Morgan fingerprint density at radius 1 is 1.35 bits per heavy atom. The number of benzene rings is 1. The minimum absolute atomic E-state index is 0.337. The average Bonchev–Trinajstić information content (AvgIpc) is 2.20. The van der Waals surface area contributed by atoms with Gasteiger partial charge >= 0.3 is 0 Å². The lowest BCUT2D eigenvalue weighted by Gasteiger charge is -2.13. The number of hydrogen-bond acceptors (Lipinski definition) is 3. The molecule has 0 saturated carbocycles. The molecule has 1 aromatic rings. The van der Waals surface area contributed by atoms with Crippen molar-refractivity contribution in [3.63, 3.8) is 0 Å². The lowest BCUT2D eigenvalue weighted by atomic mass is 10.00. The van der Waals surface area contributed by atoms with E-state index in [1.54, 1.807) is 13.2 Å². The first kappa shape index (κ1) is 15.3. The number of carboxylic acids is 1. The van der Waals surface area contributed by atoms with Crippen LogP contribution in [0.4, 0.5) is 0 Å². The van der Waals surface area contributed by atoms with Gasteiger partial charge in [0, 0.05) is 12.5 Å². The van der Waals surface area contributed by atoms with Crippen LogP contribution in [-0.2, 0) is 4.79 Å². The Hall–Kier alpha value is -1.71. The van der Waals surface area contributed by atoms with Crippen molar-refractivity contribution >= 4 is 5.97 Å². The highest BCUT2D eigenvalue weighted by atomic mass is 16.5. The maximum Gasteiger partial charge on any atom is 0.300 e. The molecule has 1 rings (SSSR count). The number of carbonyl (C=O) groups is 1. The maximum atomic E-state index is 9.51. The van der Waals surface area contributed by atoms with Gasteiger partial charge in [-0.3, -0.25) is 4.79 Å². The van der Waals surface area contributed by atoms with Gasteiger partial charge in [0.15, 0.2) is 0 Å². The Labute approximate surface area is 102 Å². The van der Waals surface area contributed by atoms with E-state index in [9.17, 15) is 5.11 Å². The SMILES string of the molecule is CC(=O)O.COc1cc(C)c(O)cc1C(C)C. The molecule has 4 heteroatoms. The summed E-state index contributed by atoms with van der Waals surface area (Å²) in [4.78, 5) is 9.00. The van der Waals surface area contributed by atoms with E-state index in [4.69, 9.17) is 14.6 Å². The van der Waals surface area contributed by atoms with Crippen molar-refractivity contribution in [1.29, 1.82) is 0 Å². The van der Waals surface area contributed by atoms with Crippen LogP contribution in [-0.4, -0.2) is 23.3 Å². The second-order valence-electron chi connectivity index (χ2n) is 4.05. The molecule has 1 aromatic carbocycles. The molecule has 0 heterocycles. The summed E-state index contributed by atoms with van der Waals surface area (Å²) in [6.07, 6.45) is 0. The molecule has 0 atom stereocenters. The fourth-order valence-electron chi connectivity index (χ4n) is 1.31. The molecule has 17 heavy (non-hydrogen) atoms. The number of phenols is 1. The third kappa shape index (κ3) is 5.24. The number of aryl methyl sites for hydroxylation is 1. The van der Waals surface area contributed by atoms with Crippen LogP contribution >= 0.6 is 0 Å². The molecular formula is C13H20O4. The van der Waals surface area contributed by atoms with Crippen molar-refractivity contribution in [2.75, 3.05) is 7.11 Å². The fraction of sp³-hybridized carbons (Fsp3) is 0.462. The normalized spacial score (nSPS) is 9.53. The van der Waals surface area contributed by atoms with E-state index in [1.807, 2.05) is 13.0 Å². The highest BCUT2D eigenvalue weighted by Gasteiger charge is 2.09. The van der Waals surface area contributed by atoms with Gasteiger partial charge in [-0.25, -0.2) is 0 Å². The highest BCUT2D eigenvalue weighted by Crippen LogP contribution is 2.32. The minimum atomic E-state index is -0.833. The Morgan fingerprint density at radius 3 is 2.18 bits per heavy atom. The van der Waals surface area contributed by atoms with E-state index < -0.39 is 5.97 Å². The topological polar surface area (TPSA) is 66.8 Å². The van der Waals surface area contributed by atoms with Crippen molar-refractivity contribution in [2.45, 2.75) is 33.6 Å². The molecule has 0 spiro atoms. The largest absolute Gasteiger partial charge is 0.508 e. The van der Waals surface area contributed by atoms with E-state index in [1.165, 1.54) is 0 Å². The lowest BCUT2D eigenvalue weighted by Crippen LogP contribution is -1.94. The average molecular weight is 240 g/mol. The number of rotatable bonds is 2. The molecule has 0 fully saturated rings. The maximum absolute atomic E-state index is 9.51. The summed E-state index contributed by atoms with van der Waals surface area (Å²) in [7, 11) is 1.65. The fourth-order valence-corrected chi connectivity index (χ4v) is 1.31. The molecule has 0 unspecified atom stereocenters. The lowest BCUT2D eigenvalue weighted by molar-refractivity contribution is -0.134. The second kappa shape index (κ2) is 6.78. The Morgan fingerprint density at radius 2 is 1.82 bits per heavy atom. The number of phenolic OH excluding ortho intramolecular Hbond substituents is 1. The van der Waals surface area contributed by atoms with Crippen molar-refractivity contribution < 1.29 is 19.7 Å².